The van der Waals surface area contributed by atoms with E-state index in [0.29, 0.717) is 17.8 Å². The summed E-state index contributed by atoms with van der Waals surface area (Å²) in [7, 11) is 0. The molecule has 2 aromatic rings. The Kier molecular flexibility index (Phi) is 5.11. The van der Waals surface area contributed by atoms with Crippen LogP contribution in [0.3, 0.4) is 0 Å². The van der Waals surface area contributed by atoms with Gasteiger partial charge in [-0.25, -0.2) is 4.39 Å². The van der Waals surface area contributed by atoms with Crippen LogP contribution in [0.25, 0.3) is 0 Å². The molecule has 3 rings (SSSR count). The van der Waals surface area contributed by atoms with Gasteiger partial charge in [0.25, 0.3) is 0 Å². The first-order chi connectivity index (χ1) is 11.6. The van der Waals surface area contributed by atoms with Gasteiger partial charge in [-0.3, -0.25) is 9.88 Å². The van der Waals surface area contributed by atoms with E-state index in [1.807, 2.05) is 12.1 Å². The van der Waals surface area contributed by atoms with Crippen molar-refractivity contribution in [3.8, 4) is 5.75 Å². The van der Waals surface area contributed by atoms with Crippen LogP contribution in [0.2, 0.25) is 0 Å². The second-order valence-electron chi connectivity index (χ2n) is 6.39. The zero-order valence-corrected chi connectivity index (χ0v) is 13.9. The Balaban J connectivity index is 1.90. The molecule has 1 fully saturated rings. The van der Waals surface area contributed by atoms with E-state index < -0.39 is 0 Å². The number of nitrogens with zero attached hydrogens (tertiary/aromatic N) is 2. The highest BCUT2D eigenvalue weighted by Crippen LogP contribution is 2.34. The number of aromatic nitrogens is 1. The number of rotatable bonds is 4. The number of aliphatic hydroxyl groups excluding tert-OH is 1. The third kappa shape index (κ3) is 3.42. The Hall–Kier alpha value is -1.98. The van der Waals surface area contributed by atoms with E-state index in [0.717, 1.165) is 36.9 Å². The molecule has 1 aliphatic heterocycles. The average Bonchev–Trinajstić information content (AvgIpc) is 2.60. The fourth-order valence-electron chi connectivity index (χ4n) is 3.44. The number of aliphatic hydroxyl groups is 1. The largest absolute Gasteiger partial charge is 0.506 e. The highest BCUT2D eigenvalue weighted by molar-refractivity contribution is 5.40. The highest BCUT2D eigenvalue weighted by atomic mass is 19.1. The van der Waals surface area contributed by atoms with Crippen molar-refractivity contribution in [2.24, 2.45) is 0 Å². The number of piperidine rings is 1. The van der Waals surface area contributed by atoms with Crippen LogP contribution in [0.1, 0.15) is 47.7 Å². The molecule has 1 aromatic heterocycles. The molecule has 0 unspecified atom stereocenters. The lowest BCUT2D eigenvalue weighted by Gasteiger charge is -2.36. The molecule has 5 heteroatoms. The van der Waals surface area contributed by atoms with E-state index in [4.69, 9.17) is 0 Å². The summed E-state index contributed by atoms with van der Waals surface area (Å²) in [6.45, 7) is 3.07. The molecule has 128 valence electrons. The summed E-state index contributed by atoms with van der Waals surface area (Å²) in [5.74, 6) is -0.0731. The van der Waals surface area contributed by atoms with Gasteiger partial charge in [0.05, 0.1) is 12.3 Å². The van der Waals surface area contributed by atoms with E-state index in [1.54, 1.807) is 13.1 Å². The molecular weight excluding hydrogens is 307 g/mol. The van der Waals surface area contributed by atoms with Gasteiger partial charge in [-0.15, -0.1) is 0 Å². The number of likely N-dealkylation sites (tertiary alicyclic amines) is 1. The van der Waals surface area contributed by atoms with Gasteiger partial charge in [-0.2, -0.15) is 0 Å². The van der Waals surface area contributed by atoms with Crippen molar-refractivity contribution < 1.29 is 14.6 Å². The summed E-state index contributed by atoms with van der Waals surface area (Å²) in [6.07, 6.45) is 4.86. The molecule has 2 heterocycles. The minimum absolute atomic E-state index is 0.148. The van der Waals surface area contributed by atoms with Crippen LogP contribution in [0.5, 0.6) is 5.75 Å². The van der Waals surface area contributed by atoms with Crippen molar-refractivity contribution in [2.45, 2.75) is 45.4 Å². The van der Waals surface area contributed by atoms with Gasteiger partial charge >= 0.3 is 0 Å². The molecule has 0 bridgehead atoms. The minimum Gasteiger partial charge on any atom is -0.506 e. The number of hydrogen-bond acceptors (Lipinski definition) is 4. The zero-order valence-electron chi connectivity index (χ0n) is 13.9. The number of hydrogen-bond donors (Lipinski definition) is 2. The molecule has 0 aliphatic carbocycles. The van der Waals surface area contributed by atoms with Crippen molar-refractivity contribution in [2.75, 3.05) is 6.54 Å². The normalized spacial score (nSPS) is 18.7. The second-order valence-corrected chi connectivity index (χ2v) is 6.39. The molecule has 4 nitrogen and oxygen atoms in total. The van der Waals surface area contributed by atoms with Crippen LogP contribution in [0, 0.1) is 12.7 Å². The van der Waals surface area contributed by atoms with Gasteiger partial charge in [0.1, 0.15) is 11.6 Å². The fraction of sp³-hybridized carbons (Fsp3) is 0.421. The van der Waals surface area contributed by atoms with Gasteiger partial charge in [0, 0.05) is 29.9 Å². The summed E-state index contributed by atoms with van der Waals surface area (Å²) >= 11 is 0. The van der Waals surface area contributed by atoms with Crippen LogP contribution in [-0.4, -0.2) is 26.6 Å². The van der Waals surface area contributed by atoms with Crippen molar-refractivity contribution in [1.82, 2.24) is 9.88 Å². The summed E-state index contributed by atoms with van der Waals surface area (Å²) in [4.78, 5) is 6.42. The number of halogens is 1. The molecule has 0 spiro atoms. The van der Waals surface area contributed by atoms with Crippen molar-refractivity contribution in [3.05, 3.63) is 58.7 Å². The maximum absolute atomic E-state index is 13.2. The summed E-state index contributed by atoms with van der Waals surface area (Å²) in [5.41, 5.74) is 3.05. The van der Waals surface area contributed by atoms with E-state index in [2.05, 4.69) is 9.88 Å². The van der Waals surface area contributed by atoms with E-state index in [1.165, 1.54) is 12.1 Å². The molecule has 1 saturated heterocycles. The third-order valence-corrected chi connectivity index (χ3v) is 4.83. The van der Waals surface area contributed by atoms with Gasteiger partial charge in [-0.1, -0.05) is 18.6 Å². The summed E-state index contributed by atoms with van der Waals surface area (Å²) < 4.78 is 13.2. The van der Waals surface area contributed by atoms with Crippen molar-refractivity contribution >= 4 is 0 Å². The molecule has 1 aromatic carbocycles. The fourth-order valence-corrected chi connectivity index (χ4v) is 3.44. The first-order valence-corrected chi connectivity index (χ1v) is 8.37. The van der Waals surface area contributed by atoms with Crippen LogP contribution < -0.4 is 0 Å². The van der Waals surface area contributed by atoms with Crippen LogP contribution >= 0.6 is 0 Å². The average molecular weight is 330 g/mol. The molecule has 0 saturated carbocycles. The SMILES string of the molecule is Cc1ncc(CO)c(CN2CCCC[C@H]2c2ccc(F)cc2)c1O. The number of aryl methyl sites for hydroxylation is 1. The van der Waals surface area contributed by atoms with Crippen molar-refractivity contribution in [1.29, 1.82) is 0 Å². The van der Waals surface area contributed by atoms with Gasteiger partial charge in [0.15, 0.2) is 0 Å². The lowest BCUT2D eigenvalue weighted by molar-refractivity contribution is 0.137. The van der Waals surface area contributed by atoms with Crippen molar-refractivity contribution in [3.63, 3.8) is 0 Å². The molecule has 0 radical (unpaired) electrons. The molecule has 2 N–H and O–H groups in total. The van der Waals surface area contributed by atoms with Crippen LogP contribution in [-0.2, 0) is 13.2 Å². The Morgan fingerprint density at radius 3 is 2.71 bits per heavy atom. The molecule has 24 heavy (non-hydrogen) atoms. The Labute approximate surface area is 141 Å². The molecule has 1 atom stereocenters. The molecular formula is C19H23FN2O2. The van der Waals surface area contributed by atoms with Gasteiger partial charge in [-0.05, 0) is 44.0 Å². The topological polar surface area (TPSA) is 56.6 Å². The monoisotopic (exact) mass is 330 g/mol. The quantitative estimate of drug-likeness (QED) is 0.901. The predicted molar refractivity (Wildman–Crippen MR) is 90.0 cm³/mol. The maximum atomic E-state index is 13.2. The molecule has 1 aliphatic rings. The highest BCUT2D eigenvalue weighted by Gasteiger charge is 2.26. The smallest absolute Gasteiger partial charge is 0.141 e. The lowest BCUT2D eigenvalue weighted by atomic mass is 9.94. The second kappa shape index (κ2) is 7.28. The lowest BCUT2D eigenvalue weighted by Crippen LogP contribution is -2.33. The third-order valence-electron chi connectivity index (χ3n) is 4.83. The number of benzene rings is 1. The zero-order chi connectivity index (χ0) is 17.1. The van der Waals surface area contributed by atoms with E-state index in [9.17, 15) is 14.6 Å². The van der Waals surface area contributed by atoms with Crippen LogP contribution in [0.15, 0.2) is 30.5 Å². The van der Waals surface area contributed by atoms with Gasteiger partial charge in [0.2, 0.25) is 0 Å². The number of aromatic hydroxyl groups is 1. The Morgan fingerprint density at radius 2 is 2.00 bits per heavy atom. The van der Waals surface area contributed by atoms with Crippen LogP contribution in [0.4, 0.5) is 4.39 Å². The van der Waals surface area contributed by atoms with E-state index >= 15 is 0 Å². The maximum Gasteiger partial charge on any atom is 0.141 e. The molecule has 0 amide bonds. The minimum atomic E-state index is -0.230. The van der Waals surface area contributed by atoms with E-state index in [-0.39, 0.29) is 24.2 Å². The standard InChI is InChI=1S/C19H23FN2O2/c1-13-19(24)17(15(12-23)10-21-13)11-22-9-3-2-4-18(22)14-5-7-16(20)8-6-14/h5-8,10,18,23-24H,2-4,9,11-12H2,1H3/t18-/m0/s1. The Morgan fingerprint density at radius 1 is 1.25 bits per heavy atom. The predicted octanol–water partition coefficient (Wildman–Crippen LogP) is 3.45. The first kappa shape index (κ1) is 16.9. The first-order valence-electron chi connectivity index (χ1n) is 8.37. The summed E-state index contributed by atoms with van der Waals surface area (Å²) in [5, 5.41) is 19.9. The Bertz CT molecular complexity index is 703. The van der Waals surface area contributed by atoms with Gasteiger partial charge < -0.3 is 10.2 Å². The summed E-state index contributed by atoms with van der Waals surface area (Å²) in [6, 6.07) is 6.86. The number of pyridine rings is 1.